The van der Waals surface area contributed by atoms with E-state index in [1.807, 2.05) is 14.0 Å². The average molecular weight is 266 g/mol. The van der Waals surface area contributed by atoms with Crippen LogP contribution in [0.3, 0.4) is 0 Å². The third kappa shape index (κ3) is 5.67. The van der Waals surface area contributed by atoms with E-state index in [0.717, 1.165) is 18.8 Å². The lowest BCUT2D eigenvalue weighted by Gasteiger charge is -2.16. The van der Waals surface area contributed by atoms with Crippen molar-refractivity contribution < 1.29 is 9.53 Å². The minimum atomic E-state index is -0.127. The first-order valence-electron chi connectivity index (χ1n) is 6.22. The second kappa shape index (κ2) is 7.70. The highest BCUT2D eigenvalue weighted by atomic mass is 16.5. The molecule has 6 nitrogen and oxygen atoms in total. The number of nitrogens with two attached hydrogens (primary N) is 1. The van der Waals surface area contributed by atoms with Gasteiger partial charge < -0.3 is 20.7 Å². The maximum atomic E-state index is 11.9. The zero-order valence-corrected chi connectivity index (χ0v) is 11.8. The topological polar surface area (TPSA) is 80.5 Å². The van der Waals surface area contributed by atoms with Crippen molar-refractivity contribution in [3.63, 3.8) is 0 Å². The van der Waals surface area contributed by atoms with E-state index in [1.54, 1.807) is 19.2 Å². The fourth-order valence-electron chi connectivity index (χ4n) is 1.65. The number of carbonyl (C=O) groups excluding carboxylic acids is 1. The predicted octanol–water partition coefficient (Wildman–Crippen LogP) is 0.280. The molecule has 0 bridgehead atoms. The Bertz CT molecular complexity index is 403. The number of amides is 1. The van der Waals surface area contributed by atoms with E-state index in [4.69, 9.17) is 10.5 Å². The Kier molecular flexibility index (Phi) is 6.24. The van der Waals surface area contributed by atoms with Crippen molar-refractivity contribution in [3.05, 3.63) is 23.4 Å². The second-order valence-corrected chi connectivity index (χ2v) is 4.47. The summed E-state index contributed by atoms with van der Waals surface area (Å²) in [7, 11) is 3.66. The number of aromatic nitrogens is 1. The fourth-order valence-corrected chi connectivity index (χ4v) is 1.65. The Morgan fingerprint density at radius 1 is 1.47 bits per heavy atom. The molecule has 1 heterocycles. The molecule has 0 aliphatic carbocycles. The van der Waals surface area contributed by atoms with Gasteiger partial charge in [-0.3, -0.25) is 4.79 Å². The second-order valence-electron chi connectivity index (χ2n) is 4.47. The molecular weight excluding hydrogens is 244 g/mol. The molecule has 0 unspecified atom stereocenters. The van der Waals surface area contributed by atoms with Crippen molar-refractivity contribution in [2.24, 2.45) is 0 Å². The van der Waals surface area contributed by atoms with Crippen LogP contribution < -0.4 is 11.1 Å². The van der Waals surface area contributed by atoms with Gasteiger partial charge in [-0.1, -0.05) is 0 Å². The molecule has 0 fully saturated rings. The first-order valence-corrected chi connectivity index (χ1v) is 6.22. The normalized spacial score (nSPS) is 10.7. The molecule has 106 valence electrons. The molecule has 19 heavy (non-hydrogen) atoms. The molecule has 0 saturated heterocycles. The predicted molar refractivity (Wildman–Crippen MR) is 75.1 cm³/mol. The van der Waals surface area contributed by atoms with Crippen LogP contribution in [-0.4, -0.2) is 56.2 Å². The van der Waals surface area contributed by atoms with E-state index < -0.39 is 0 Å². The van der Waals surface area contributed by atoms with Crippen LogP contribution in [-0.2, 0) is 4.74 Å². The Hall–Kier alpha value is -1.66. The van der Waals surface area contributed by atoms with Crippen molar-refractivity contribution in [1.82, 2.24) is 15.2 Å². The van der Waals surface area contributed by atoms with Gasteiger partial charge in [0, 0.05) is 38.0 Å². The van der Waals surface area contributed by atoms with Gasteiger partial charge in [0.15, 0.2) is 0 Å². The maximum Gasteiger partial charge on any atom is 0.251 e. The molecule has 3 N–H and O–H groups in total. The van der Waals surface area contributed by atoms with Crippen LogP contribution in [0.2, 0.25) is 0 Å². The summed E-state index contributed by atoms with van der Waals surface area (Å²) in [6, 6.07) is 3.30. The number of ether oxygens (including phenoxy) is 1. The minimum Gasteiger partial charge on any atom is -0.384 e. The molecule has 1 rings (SSSR count). The third-order valence-electron chi connectivity index (χ3n) is 2.69. The van der Waals surface area contributed by atoms with Gasteiger partial charge in [-0.05, 0) is 26.1 Å². The summed E-state index contributed by atoms with van der Waals surface area (Å²) in [4.78, 5) is 18.0. The number of pyridine rings is 1. The number of likely N-dealkylation sites (N-methyl/N-ethyl adjacent to an activating group) is 1. The Morgan fingerprint density at radius 3 is 2.84 bits per heavy atom. The standard InChI is InChI=1S/C13H22N4O2/c1-10-8-11(9-12(14)16-10)13(18)15-4-5-17(2)6-7-19-3/h8-9H,4-7H2,1-3H3,(H2,14,16)(H,15,18). The molecular formula is C13H22N4O2. The molecule has 0 saturated carbocycles. The monoisotopic (exact) mass is 266 g/mol. The highest BCUT2D eigenvalue weighted by Gasteiger charge is 2.07. The van der Waals surface area contributed by atoms with Gasteiger partial charge in [0.05, 0.1) is 6.61 Å². The van der Waals surface area contributed by atoms with Crippen molar-refractivity contribution in [1.29, 1.82) is 0 Å². The molecule has 0 atom stereocenters. The molecule has 1 aromatic rings. The number of anilines is 1. The number of aryl methyl sites for hydroxylation is 1. The van der Waals surface area contributed by atoms with Crippen LogP contribution in [0.5, 0.6) is 0 Å². The van der Waals surface area contributed by atoms with Gasteiger partial charge in [0.2, 0.25) is 0 Å². The number of hydrogen-bond acceptors (Lipinski definition) is 5. The average Bonchev–Trinajstić information content (AvgIpc) is 2.35. The molecule has 0 aromatic carbocycles. The van der Waals surface area contributed by atoms with E-state index in [2.05, 4.69) is 15.2 Å². The SMILES string of the molecule is COCCN(C)CCNC(=O)c1cc(C)nc(N)c1. The van der Waals surface area contributed by atoms with Crippen LogP contribution >= 0.6 is 0 Å². The first-order chi connectivity index (χ1) is 9.02. The van der Waals surface area contributed by atoms with E-state index in [-0.39, 0.29) is 5.91 Å². The smallest absolute Gasteiger partial charge is 0.251 e. The summed E-state index contributed by atoms with van der Waals surface area (Å²) < 4.78 is 4.99. The molecule has 1 amide bonds. The van der Waals surface area contributed by atoms with Gasteiger partial charge in [0.25, 0.3) is 5.91 Å². The lowest BCUT2D eigenvalue weighted by Crippen LogP contribution is -2.34. The highest BCUT2D eigenvalue weighted by molar-refractivity contribution is 5.94. The zero-order valence-electron chi connectivity index (χ0n) is 11.8. The Morgan fingerprint density at radius 2 is 2.21 bits per heavy atom. The lowest BCUT2D eigenvalue weighted by molar-refractivity contribution is 0.0947. The van der Waals surface area contributed by atoms with E-state index in [9.17, 15) is 4.79 Å². The Balaban J connectivity index is 2.39. The number of nitrogens with zero attached hydrogens (tertiary/aromatic N) is 2. The fraction of sp³-hybridized carbons (Fsp3) is 0.538. The van der Waals surface area contributed by atoms with Gasteiger partial charge in [0.1, 0.15) is 5.82 Å². The highest BCUT2D eigenvalue weighted by Crippen LogP contribution is 2.06. The van der Waals surface area contributed by atoms with Gasteiger partial charge in [-0.15, -0.1) is 0 Å². The molecule has 0 aliphatic heterocycles. The number of methoxy groups -OCH3 is 1. The maximum absolute atomic E-state index is 11.9. The van der Waals surface area contributed by atoms with Crippen molar-refractivity contribution in [2.45, 2.75) is 6.92 Å². The zero-order chi connectivity index (χ0) is 14.3. The summed E-state index contributed by atoms with van der Waals surface area (Å²) in [5.41, 5.74) is 6.90. The number of rotatable bonds is 7. The van der Waals surface area contributed by atoms with Gasteiger partial charge >= 0.3 is 0 Å². The summed E-state index contributed by atoms with van der Waals surface area (Å²) in [6.07, 6.45) is 0. The molecule has 6 heteroatoms. The minimum absolute atomic E-state index is 0.127. The van der Waals surface area contributed by atoms with Crippen LogP contribution in [0, 0.1) is 6.92 Å². The quantitative estimate of drug-likeness (QED) is 0.741. The van der Waals surface area contributed by atoms with Crippen LogP contribution in [0.15, 0.2) is 12.1 Å². The van der Waals surface area contributed by atoms with Gasteiger partial charge in [-0.2, -0.15) is 0 Å². The van der Waals surface area contributed by atoms with Crippen LogP contribution in [0.25, 0.3) is 0 Å². The molecule has 0 radical (unpaired) electrons. The molecule has 0 aliphatic rings. The third-order valence-corrected chi connectivity index (χ3v) is 2.69. The van der Waals surface area contributed by atoms with E-state index >= 15 is 0 Å². The van der Waals surface area contributed by atoms with Crippen molar-refractivity contribution >= 4 is 11.7 Å². The van der Waals surface area contributed by atoms with Crippen LogP contribution in [0.1, 0.15) is 16.1 Å². The number of nitrogens with one attached hydrogen (secondary N) is 1. The number of carbonyl (C=O) groups is 1. The Labute approximate surface area is 113 Å². The number of nitrogen functional groups attached to an aromatic ring is 1. The lowest BCUT2D eigenvalue weighted by atomic mass is 10.2. The number of hydrogen-bond donors (Lipinski definition) is 2. The van der Waals surface area contributed by atoms with E-state index in [0.29, 0.717) is 24.5 Å². The molecule has 0 spiro atoms. The molecule has 1 aromatic heterocycles. The van der Waals surface area contributed by atoms with Gasteiger partial charge in [-0.25, -0.2) is 4.98 Å². The summed E-state index contributed by atoms with van der Waals surface area (Å²) in [5, 5.41) is 2.86. The summed E-state index contributed by atoms with van der Waals surface area (Å²) in [5.74, 6) is 0.236. The van der Waals surface area contributed by atoms with E-state index in [1.165, 1.54) is 0 Å². The first kappa shape index (κ1) is 15.4. The summed E-state index contributed by atoms with van der Waals surface area (Å²) in [6.45, 7) is 4.69. The van der Waals surface area contributed by atoms with Crippen molar-refractivity contribution in [2.75, 3.05) is 46.1 Å². The van der Waals surface area contributed by atoms with Crippen LogP contribution in [0.4, 0.5) is 5.82 Å². The summed E-state index contributed by atoms with van der Waals surface area (Å²) >= 11 is 0. The largest absolute Gasteiger partial charge is 0.384 e. The van der Waals surface area contributed by atoms with Crippen molar-refractivity contribution in [3.8, 4) is 0 Å².